The number of hydrogen-bond acceptors (Lipinski definition) is 6. The van der Waals surface area contributed by atoms with E-state index in [4.69, 9.17) is 9.47 Å². The molecule has 0 N–H and O–H groups in total. The smallest absolute Gasteiger partial charge is 0.330 e. The van der Waals surface area contributed by atoms with E-state index in [-0.39, 0.29) is 11.8 Å². The predicted molar refractivity (Wildman–Crippen MR) is 72.8 cm³/mol. The second-order valence-corrected chi connectivity index (χ2v) is 4.49. The van der Waals surface area contributed by atoms with E-state index in [9.17, 15) is 9.59 Å². The lowest BCUT2D eigenvalue weighted by atomic mass is 10.1. The number of methoxy groups -OCH3 is 1. The van der Waals surface area contributed by atoms with Crippen LogP contribution in [0.15, 0.2) is 18.3 Å². The second kappa shape index (κ2) is 6.47. The summed E-state index contributed by atoms with van der Waals surface area (Å²) in [5, 5.41) is 0. The molecular weight excluding hydrogens is 260 g/mol. The summed E-state index contributed by atoms with van der Waals surface area (Å²) in [4.78, 5) is 29.4. The lowest BCUT2D eigenvalue weighted by Crippen LogP contribution is -2.50. The number of Topliss-reactive ketones (excluding diaryl/α,β-unsaturated/α-hetero) is 1. The Morgan fingerprint density at radius 3 is 2.90 bits per heavy atom. The molecule has 20 heavy (non-hydrogen) atoms. The second-order valence-electron chi connectivity index (χ2n) is 4.49. The summed E-state index contributed by atoms with van der Waals surface area (Å²) in [6, 6.07) is 3.02. The highest BCUT2D eigenvalue weighted by molar-refractivity contribution is 5.94. The molecule has 6 nitrogen and oxygen atoms in total. The van der Waals surface area contributed by atoms with Crippen LogP contribution in [0.4, 0.5) is 5.69 Å². The average molecular weight is 278 g/mol. The Morgan fingerprint density at radius 1 is 1.50 bits per heavy atom. The van der Waals surface area contributed by atoms with Gasteiger partial charge in [0, 0.05) is 13.0 Å². The van der Waals surface area contributed by atoms with Crippen LogP contribution in [0.1, 0.15) is 23.8 Å². The van der Waals surface area contributed by atoms with Gasteiger partial charge in [-0.2, -0.15) is 0 Å². The lowest BCUT2D eigenvalue weighted by molar-refractivity contribution is -0.144. The van der Waals surface area contributed by atoms with Gasteiger partial charge in [-0.25, -0.2) is 4.79 Å². The minimum atomic E-state index is -0.469. The van der Waals surface area contributed by atoms with Crippen molar-refractivity contribution in [1.29, 1.82) is 0 Å². The number of carbonyl (C=O) groups excluding carboxylic acids is 2. The van der Waals surface area contributed by atoms with Crippen LogP contribution in [-0.4, -0.2) is 49.6 Å². The Hall–Kier alpha value is -1.95. The van der Waals surface area contributed by atoms with Crippen molar-refractivity contribution in [3.8, 4) is 0 Å². The molecule has 6 heteroatoms. The summed E-state index contributed by atoms with van der Waals surface area (Å²) in [5.74, 6) is -0.332. The van der Waals surface area contributed by atoms with E-state index in [2.05, 4.69) is 4.98 Å². The van der Waals surface area contributed by atoms with Gasteiger partial charge in [-0.15, -0.1) is 0 Å². The summed E-state index contributed by atoms with van der Waals surface area (Å²) < 4.78 is 10.1. The molecule has 0 radical (unpaired) electrons. The quantitative estimate of drug-likeness (QED) is 0.606. The van der Waals surface area contributed by atoms with E-state index in [1.54, 1.807) is 25.3 Å². The molecule has 1 aromatic rings. The molecule has 0 aliphatic carbocycles. The minimum absolute atomic E-state index is 0.00282. The van der Waals surface area contributed by atoms with Crippen LogP contribution in [0, 0.1) is 0 Å². The molecule has 1 atom stereocenters. The van der Waals surface area contributed by atoms with Gasteiger partial charge >= 0.3 is 5.97 Å². The van der Waals surface area contributed by atoms with Gasteiger partial charge in [0.1, 0.15) is 5.69 Å². The van der Waals surface area contributed by atoms with Crippen LogP contribution in [0.25, 0.3) is 0 Å². The van der Waals surface area contributed by atoms with Crippen molar-refractivity contribution in [3.05, 3.63) is 24.0 Å². The molecule has 0 spiro atoms. The lowest BCUT2D eigenvalue weighted by Gasteiger charge is -2.35. The van der Waals surface area contributed by atoms with Crippen LogP contribution < -0.4 is 4.90 Å². The van der Waals surface area contributed by atoms with Crippen LogP contribution >= 0.6 is 0 Å². The van der Waals surface area contributed by atoms with Crippen LogP contribution in [0.5, 0.6) is 0 Å². The zero-order valence-electron chi connectivity index (χ0n) is 11.7. The third-order valence-corrected chi connectivity index (χ3v) is 3.29. The molecule has 1 fully saturated rings. The molecule has 1 saturated heterocycles. The van der Waals surface area contributed by atoms with Gasteiger partial charge in [0.25, 0.3) is 0 Å². The first-order valence-electron chi connectivity index (χ1n) is 6.58. The number of aromatic nitrogens is 1. The van der Waals surface area contributed by atoms with E-state index >= 15 is 0 Å². The normalized spacial score (nSPS) is 18.7. The maximum atomic E-state index is 11.8. The van der Waals surface area contributed by atoms with Gasteiger partial charge in [-0.1, -0.05) is 6.92 Å². The molecule has 1 aliphatic rings. The van der Waals surface area contributed by atoms with Crippen molar-refractivity contribution in [2.45, 2.75) is 19.4 Å². The number of esters is 1. The molecular formula is C14H18N2O4. The first-order valence-corrected chi connectivity index (χ1v) is 6.58. The van der Waals surface area contributed by atoms with Crippen LogP contribution in [0.3, 0.4) is 0 Å². The number of carbonyl (C=O) groups is 2. The average Bonchev–Trinajstić information content (AvgIpc) is 2.53. The molecule has 1 unspecified atom stereocenters. The number of anilines is 1. The zero-order valence-corrected chi connectivity index (χ0v) is 11.7. The SMILES string of the molecule is CCC(=O)c1ccc(N2CCOCC2C(=O)OC)cn1. The summed E-state index contributed by atoms with van der Waals surface area (Å²) in [6.07, 6.45) is 2.04. The Labute approximate surface area is 117 Å². The Balaban J connectivity index is 2.20. The highest BCUT2D eigenvalue weighted by atomic mass is 16.5. The molecule has 1 aliphatic heterocycles. The number of ether oxygens (including phenoxy) is 2. The van der Waals surface area contributed by atoms with Gasteiger partial charge in [0.15, 0.2) is 11.8 Å². The maximum Gasteiger partial charge on any atom is 0.330 e. The van der Waals surface area contributed by atoms with Crippen molar-refractivity contribution < 1.29 is 19.1 Å². The van der Waals surface area contributed by atoms with E-state index in [1.165, 1.54) is 7.11 Å². The minimum Gasteiger partial charge on any atom is -0.467 e. The summed E-state index contributed by atoms with van der Waals surface area (Å²) in [6.45, 7) is 3.22. The van der Waals surface area contributed by atoms with Crippen LogP contribution in [0.2, 0.25) is 0 Å². The number of pyridine rings is 1. The Bertz CT molecular complexity index is 486. The summed E-state index contributed by atoms with van der Waals surface area (Å²) in [5.41, 5.74) is 1.23. The zero-order chi connectivity index (χ0) is 14.5. The molecule has 0 bridgehead atoms. The number of ketones is 1. The van der Waals surface area contributed by atoms with Gasteiger partial charge in [-0.3, -0.25) is 9.78 Å². The number of nitrogens with zero attached hydrogens (tertiary/aromatic N) is 2. The standard InChI is InChI=1S/C14H18N2O4/c1-3-13(17)11-5-4-10(8-15-11)16-6-7-20-9-12(16)14(18)19-2/h4-5,8,12H,3,6-7,9H2,1-2H3. The van der Waals surface area contributed by atoms with Gasteiger partial charge < -0.3 is 14.4 Å². The highest BCUT2D eigenvalue weighted by Gasteiger charge is 2.30. The summed E-state index contributed by atoms with van der Waals surface area (Å²) >= 11 is 0. The molecule has 2 rings (SSSR count). The fourth-order valence-corrected chi connectivity index (χ4v) is 2.15. The predicted octanol–water partition coefficient (Wildman–Crippen LogP) is 1.05. The van der Waals surface area contributed by atoms with Crippen LogP contribution in [-0.2, 0) is 14.3 Å². The topological polar surface area (TPSA) is 68.7 Å². The van der Waals surface area contributed by atoms with Crippen molar-refractivity contribution >= 4 is 17.4 Å². The highest BCUT2D eigenvalue weighted by Crippen LogP contribution is 2.20. The monoisotopic (exact) mass is 278 g/mol. The van der Waals surface area contributed by atoms with E-state index in [0.717, 1.165) is 5.69 Å². The Morgan fingerprint density at radius 2 is 2.30 bits per heavy atom. The number of hydrogen-bond donors (Lipinski definition) is 0. The largest absolute Gasteiger partial charge is 0.467 e. The van der Waals surface area contributed by atoms with Gasteiger partial charge in [0.2, 0.25) is 0 Å². The molecule has 0 saturated carbocycles. The summed E-state index contributed by atoms with van der Waals surface area (Å²) in [7, 11) is 1.36. The first-order chi connectivity index (χ1) is 9.67. The van der Waals surface area contributed by atoms with Gasteiger partial charge in [-0.05, 0) is 12.1 Å². The Kier molecular flexibility index (Phi) is 4.68. The third-order valence-electron chi connectivity index (χ3n) is 3.29. The van der Waals surface area contributed by atoms with E-state index in [1.807, 2.05) is 4.90 Å². The fourth-order valence-electron chi connectivity index (χ4n) is 2.15. The van der Waals surface area contributed by atoms with Crippen molar-refractivity contribution in [3.63, 3.8) is 0 Å². The first kappa shape index (κ1) is 14.5. The van der Waals surface area contributed by atoms with E-state index in [0.29, 0.717) is 31.9 Å². The van der Waals surface area contributed by atoms with Gasteiger partial charge in [0.05, 0.1) is 32.2 Å². The fraction of sp³-hybridized carbons (Fsp3) is 0.500. The molecule has 108 valence electrons. The van der Waals surface area contributed by atoms with Crippen molar-refractivity contribution in [1.82, 2.24) is 4.98 Å². The third kappa shape index (κ3) is 2.96. The van der Waals surface area contributed by atoms with Crippen molar-refractivity contribution in [2.24, 2.45) is 0 Å². The van der Waals surface area contributed by atoms with E-state index < -0.39 is 6.04 Å². The molecule has 0 amide bonds. The molecule has 2 heterocycles. The number of morpholine rings is 1. The molecule has 0 aromatic carbocycles. The number of rotatable bonds is 4. The maximum absolute atomic E-state index is 11.8. The van der Waals surface area contributed by atoms with Crippen molar-refractivity contribution in [2.75, 3.05) is 31.8 Å². The molecule has 1 aromatic heterocycles.